The monoisotopic (exact) mass is 512 g/mol. The molecule has 0 spiro atoms. The molecule has 2 atom stereocenters. The first-order valence-corrected chi connectivity index (χ1v) is 13.9. The molecular weight excluding hydrogens is 476 g/mol. The zero-order chi connectivity index (χ0) is 25.9. The van der Waals surface area contributed by atoms with E-state index in [1.54, 1.807) is 0 Å². The predicted octanol–water partition coefficient (Wildman–Crippen LogP) is 4.32. The summed E-state index contributed by atoms with van der Waals surface area (Å²) in [6, 6.07) is 2.65. The number of aromatic amines is 1. The van der Waals surface area contributed by atoms with Crippen molar-refractivity contribution >= 4 is 17.0 Å². The Balaban J connectivity index is 1.14. The van der Waals surface area contributed by atoms with Gasteiger partial charge in [-0.2, -0.15) is 5.10 Å². The number of hydrogen-bond acceptors (Lipinski definition) is 7. The van der Waals surface area contributed by atoms with Gasteiger partial charge in [0.1, 0.15) is 11.3 Å². The molecule has 9 heteroatoms. The Labute approximate surface area is 223 Å². The van der Waals surface area contributed by atoms with Gasteiger partial charge in [-0.1, -0.05) is 13.8 Å². The summed E-state index contributed by atoms with van der Waals surface area (Å²) in [4.78, 5) is 22.9. The van der Waals surface area contributed by atoms with E-state index in [2.05, 4.69) is 52.5 Å². The molecule has 0 aromatic carbocycles. The summed E-state index contributed by atoms with van der Waals surface area (Å²) in [7, 11) is 0. The third-order valence-corrected chi connectivity index (χ3v) is 9.05. The summed E-state index contributed by atoms with van der Waals surface area (Å²) in [5, 5.41) is 4.73. The Kier molecular flexibility index (Phi) is 5.74. The second-order valence-corrected chi connectivity index (χ2v) is 11.6. The highest BCUT2D eigenvalue weighted by Gasteiger charge is 2.47. The zero-order valence-electron chi connectivity index (χ0n) is 22.5. The van der Waals surface area contributed by atoms with E-state index < -0.39 is 0 Å². The highest BCUT2D eigenvalue weighted by molar-refractivity contribution is 5.91. The molecule has 7 rings (SSSR count). The van der Waals surface area contributed by atoms with Gasteiger partial charge in [0.25, 0.3) is 0 Å². The molecule has 38 heavy (non-hydrogen) atoms. The number of H-pyrrole nitrogens is 1. The summed E-state index contributed by atoms with van der Waals surface area (Å²) < 4.78 is 7.89. The average molecular weight is 513 g/mol. The molecule has 3 fully saturated rings. The van der Waals surface area contributed by atoms with Gasteiger partial charge in [0.05, 0.1) is 37.3 Å². The van der Waals surface area contributed by atoms with Crippen molar-refractivity contribution in [3.8, 4) is 22.4 Å². The quantitative estimate of drug-likeness (QED) is 0.426. The lowest BCUT2D eigenvalue weighted by Crippen LogP contribution is -2.34. The fourth-order valence-electron chi connectivity index (χ4n) is 6.60. The van der Waals surface area contributed by atoms with Gasteiger partial charge in [-0.05, 0) is 37.9 Å². The van der Waals surface area contributed by atoms with Crippen LogP contribution in [0, 0.1) is 18.3 Å². The number of ether oxygens (including phenoxy) is 1. The topological polar surface area (TPSA) is 88.0 Å². The van der Waals surface area contributed by atoms with Gasteiger partial charge >= 0.3 is 0 Å². The molecule has 3 aliphatic heterocycles. The third kappa shape index (κ3) is 3.99. The van der Waals surface area contributed by atoms with Crippen molar-refractivity contribution in [3.05, 3.63) is 42.6 Å². The Hall–Kier alpha value is -3.30. The number of piperidine rings is 1. The highest BCUT2D eigenvalue weighted by Crippen LogP contribution is 2.42. The molecule has 4 aromatic rings. The number of likely N-dealkylation sites (tertiary alicyclic amines) is 1. The number of nitrogens with one attached hydrogen (secondary N) is 1. The molecule has 0 saturated carbocycles. The van der Waals surface area contributed by atoms with Crippen LogP contribution in [0.1, 0.15) is 38.3 Å². The van der Waals surface area contributed by atoms with Crippen molar-refractivity contribution in [2.75, 3.05) is 50.8 Å². The number of fused-ring (bicyclic) bond motifs is 2. The lowest BCUT2D eigenvalue weighted by atomic mass is 9.83. The van der Waals surface area contributed by atoms with E-state index in [4.69, 9.17) is 24.8 Å². The van der Waals surface area contributed by atoms with Crippen molar-refractivity contribution in [2.24, 2.45) is 11.3 Å². The SMILES string of the molecule is CCN1CCC(n2cc(-c3c[nH]c4ncc(-c5cnc(N6C[C@@H]7COC[C@]7(C)C6)c(C)c5)nc34)cn2)CC1. The molecule has 9 nitrogen and oxygen atoms in total. The van der Waals surface area contributed by atoms with Gasteiger partial charge in [0.15, 0.2) is 5.65 Å². The van der Waals surface area contributed by atoms with Crippen molar-refractivity contribution in [1.82, 2.24) is 34.6 Å². The van der Waals surface area contributed by atoms with Crippen LogP contribution in [0.25, 0.3) is 33.5 Å². The number of nitrogens with zero attached hydrogens (tertiary/aromatic N) is 7. The van der Waals surface area contributed by atoms with Gasteiger partial charge in [0.2, 0.25) is 0 Å². The minimum atomic E-state index is 0.231. The predicted molar refractivity (Wildman–Crippen MR) is 148 cm³/mol. The minimum absolute atomic E-state index is 0.231. The summed E-state index contributed by atoms with van der Waals surface area (Å²) in [6.07, 6.45) is 12.2. The second kappa shape index (κ2) is 9.17. The van der Waals surface area contributed by atoms with Crippen molar-refractivity contribution in [2.45, 2.75) is 39.7 Å². The largest absolute Gasteiger partial charge is 0.380 e. The summed E-state index contributed by atoms with van der Waals surface area (Å²) >= 11 is 0. The molecule has 3 saturated heterocycles. The molecular formula is C29H36N8O. The first kappa shape index (κ1) is 23.8. The van der Waals surface area contributed by atoms with Crippen LogP contribution >= 0.6 is 0 Å². The van der Waals surface area contributed by atoms with Crippen LogP contribution in [-0.2, 0) is 4.74 Å². The number of aryl methyl sites for hydroxylation is 1. The second-order valence-electron chi connectivity index (χ2n) is 11.6. The van der Waals surface area contributed by atoms with Crippen LogP contribution in [0.15, 0.2) is 37.1 Å². The van der Waals surface area contributed by atoms with Crippen molar-refractivity contribution in [3.63, 3.8) is 0 Å². The van der Waals surface area contributed by atoms with Crippen LogP contribution < -0.4 is 4.90 Å². The van der Waals surface area contributed by atoms with Gasteiger partial charge < -0.3 is 19.5 Å². The molecule has 1 N–H and O–H groups in total. The molecule has 0 unspecified atom stereocenters. The van der Waals surface area contributed by atoms with E-state index >= 15 is 0 Å². The number of anilines is 1. The highest BCUT2D eigenvalue weighted by atomic mass is 16.5. The van der Waals surface area contributed by atoms with Gasteiger partial charge in [-0.25, -0.2) is 15.0 Å². The molecule has 0 amide bonds. The van der Waals surface area contributed by atoms with Crippen LogP contribution in [0.3, 0.4) is 0 Å². The Bertz CT molecular complexity index is 1470. The minimum Gasteiger partial charge on any atom is -0.380 e. The number of pyridine rings is 1. The molecule has 7 heterocycles. The lowest BCUT2D eigenvalue weighted by molar-refractivity contribution is 0.161. The first-order valence-electron chi connectivity index (χ1n) is 13.9. The maximum atomic E-state index is 5.74. The van der Waals surface area contributed by atoms with Crippen molar-refractivity contribution in [1.29, 1.82) is 0 Å². The van der Waals surface area contributed by atoms with Crippen LogP contribution in [0.4, 0.5) is 5.82 Å². The normalized spacial score (nSPS) is 24.5. The fourth-order valence-corrected chi connectivity index (χ4v) is 6.60. The maximum absolute atomic E-state index is 5.74. The molecule has 0 aliphatic carbocycles. The first-order chi connectivity index (χ1) is 18.5. The Morgan fingerprint density at radius 3 is 2.79 bits per heavy atom. The summed E-state index contributed by atoms with van der Waals surface area (Å²) in [5.74, 6) is 1.65. The molecule has 198 valence electrons. The van der Waals surface area contributed by atoms with Gasteiger partial charge in [-0.15, -0.1) is 0 Å². The standard InChI is InChI=1S/C29H36N8O/c1-4-35-7-5-23(6-8-35)37-14-21(11-33-37)24-12-30-27-26(24)34-25(13-31-27)20-9-19(2)28(32-10-20)36-15-22-16-38-18-29(22,3)17-36/h9-14,22-23H,4-8,15-18H2,1-3H3,(H,30,31)/t22-,29+/m1/s1. The van der Waals surface area contributed by atoms with Crippen molar-refractivity contribution < 1.29 is 4.74 Å². The Morgan fingerprint density at radius 2 is 2.00 bits per heavy atom. The molecule has 3 aliphatic rings. The lowest BCUT2D eigenvalue weighted by Gasteiger charge is -2.31. The molecule has 0 radical (unpaired) electrons. The number of rotatable bonds is 5. The van der Waals surface area contributed by atoms with E-state index in [0.717, 1.165) is 98.1 Å². The summed E-state index contributed by atoms with van der Waals surface area (Å²) in [5.41, 5.74) is 6.97. The third-order valence-electron chi connectivity index (χ3n) is 9.05. The zero-order valence-corrected chi connectivity index (χ0v) is 22.5. The van der Waals surface area contributed by atoms with Crippen LogP contribution in [0.2, 0.25) is 0 Å². The van der Waals surface area contributed by atoms with Crippen LogP contribution in [-0.4, -0.2) is 80.6 Å². The van der Waals surface area contributed by atoms with E-state index in [1.807, 2.05) is 24.8 Å². The van der Waals surface area contributed by atoms with Crippen LogP contribution in [0.5, 0.6) is 0 Å². The van der Waals surface area contributed by atoms with E-state index in [0.29, 0.717) is 12.0 Å². The average Bonchev–Trinajstić information content (AvgIpc) is 3.70. The smallest absolute Gasteiger partial charge is 0.156 e. The van der Waals surface area contributed by atoms with E-state index in [1.165, 1.54) is 5.56 Å². The van der Waals surface area contributed by atoms with Gasteiger partial charge in [0, 0.05) is 72.8 Å². The summed E-state index contributed by atoms with van der Waals surface area (Å²) in [6.45, 7) is 13.8. The van der Waals surface area contributed by atoms with E-state index in [9.17, 15) is 0 Å². The maximum Gasteiger partial charge on any atom is 0.156 e. The fraction of sp³-hybridized carbons (Fsp3) is 0.517. The number of hydrogen-bond donors (Lipinski definition) is 1. The Morgan fingerprint density at radius 1 is 1.13 bits per heavy atom. The van der Waals surface area contributed by atoms with E-state index in [-0.39, 0.29) is 5.41 Å². The van der Waals surface area contributed by atoms with Gasteiger partial charge in [-0.3, -0.25) is 4.68 Å². The number of aromatic nitrogens is 6. The molecule has 4 aromatic heterocycles. The molecule has 0 bridgehead atoms.